The van der Waals surface area contributed by atoms with Crippen LogP contribution < -0.4 is 10.1 Å². The molecule has 26 heavy (non-hydrogen) atoms. The van der Waals surface area contributed by atoms with E-state index in [4.69, 9.17) is 9.47 Å². The normalized spacial score (nSPS) is 10.5. The molecule has 0 aliphatic carbocycles. The van der Waals surface area contributed by atoms with Crippen LogP contribution in [0.3, 0.4) is 0 Å². The molecule has 0 spiro atoms. The summed E-state index contributed by atoms with van der Waals surface area (Å²) in [6.07, 6.45) is 0. The van der Waals surface area contributed by atoms with Crippen LogP contribution >= 0.6 is 11.3 Å². The Morgan fingerprint density at radius 3 is 2.58 bits per heavy atom. The molecule has 134 valence electrons. The van der Waals surface area contributed by atoms with Gasteiger partial charge in [-0.25, -0.2) is 4.98 Å². The number of amides is 1. The van der Waals surface area contributed by atoms with Crippen molar-refractivity contribution in [3.05, 3.63) is 71.2 Å². The number of nitrogens with zero attached hydrogens (tertiary/aromatic N) is 1. The van der Waals surface area contributed by atoms with E-state index in [0.29, 0.717) is 25.5 Å². The lowest BCUT2D eigenvalue weighted by atomic mass is 10.2. The quantitative estimate of drug-likeness (QED) is 0.615. The number of thiazole rings is 1. The summed E-state index contributed by atoms with van der Waals surface area (Å²) < 4.78 is 10.5. The maximum atomic E-state index is 12.3. The third-order valence-corrected chi connectivity index (χ3v) is 4.58. The van der Waals surface area contributed by atoms with Crippen molar-refractivity contribution < 1.29 is 14.3 Å². The first kappa shape index (κ1) is 18.1. The molecule has 0 bridgehead atoms. The van der Waals surface area contributed by atoms with Crippen molar-refractivity contribution in [1.82, 2.24) is 10.3 Å². The first-order valence-corrected chi connectivity index (χ1v) is 9.14. The molecule has 1 N–H and O–H groups in total. The minimum Gasteiger partial charge on any atom is -0.491 e. The largest absolute Gasteiger partial charge is 0.491 e. The zero-order chi connectivity index (χ0) is 18.2. The molecule has 0 unspecified atom stereocenters. The van der Waals surface area contributed by atoms with Crippen LogP contribution in [-0.4, -0.2) is 31.2 Å². The molecule has 3 aromatic rings. The Bertz CT molecular complexity index is 832. The molecule has 0 radical (unpaired) electrons. The summed E-state index contributed by atoms with van der Waals surface area (Å²) in [4.78, 5) is 16.7. The highest BCUT2D eigenvalue weighted by atomic mass is 32.1. The topological polar surface area (TPSA) is 60.5 Å². The lowest BCUT2D eigenvalue weighted by molar-refractivity contribution is 0.0946. The van der Waals surface area contributed by atoms with E-state index >= 15 is 0 Å². The van der Waals surface area contributed by atoms with Gasteiger partial charge in [-0.1, -0.05) is 42.5 Å². The number of benzene rings is 2. The van der Waals surface area contributed by atoms with Gasteiger partial charge in [0.15, 0.2) is 0 Å². The summed E-state index contributed by atoms with van der Waals surface area (Å²) in [6.45, 7) is 1.51. The second kappa shape index (κ2) is 9.12. The average Bonchev–Trinajstić information content (AvgIpc) is 3.18. The molecular weight excluding hydrogens is 348 g/mol. The average molecular weight is 368 g/mol. The number of aromatic nitrogens is 1. The van der Waals surface area contributed by atoms with E-state index in [9.17, 15) is 4.79 Å². The lowest BCUT2D eigenvalue weighted by Gasteiger charge is -2.07. The van der Waals surface area contributed by atoms with Crippen LogP contribution in [0.15, 0.2) is 60.0 Å². The predicted molar refractivity (Wildman–Crippen MR) is 103 cm³/mol. The fourth-order valence-electron chi connectivity index (χ4n) is 2.31. The van der Waals surface area contributed by atoms with Crippen molar-refractivity contribution in [3.63, 3.8) is 0 Å². The highest BCUT2D eigenvalue weighted by Gasteiger charge is 2.11. The van der Waals surface area contributed by atoms with E-state index in [2.05, 4.69) is 10.3 Å². The first-order valence-electron chi connectivity index (χ1n) is 8.26. The number of hydrogen-bond acceptors (Lipinski definition) is 5. The first-order chi connectivity index (χ1) is 12.8. The Morgan fingerprint density at radius 1 is 1.08 bits per heavy atom. The second-order valence-corrected chi connectivity index (χ2v) is 6.43. The molecule has 0 aliphatic heterocycles. The number of carbonyl (C=O) groups is 1. The molecule has 1 aromatic heterocycles. The molecule has 6 heteroatoms. The maximum absolute atomic E-state index is 12.3. The van der Waals surface area contributed by atoms with Crippen molar-refractivity contribution in [1.29, 1.82) is 0 Å². The Hall–Kier alpha value is -2.70. The van der Waals surface area contributed by atoms with Crippen LogP contribution in [0.4, 0.5) is 0 Å². The molecular formula is C20H20N2O3S. The van der Waals surface area contributed by atoms with Gasteiger partial charge in [-0.15, -0.1) is 11.3 Å². The van der Waals surface area contributed by atoms with Gasteiger partial charge in [0.25, 0.3) is 5.91 Å². The molecule has 0 aliphatic rings. The van der Waals surface area contributed by atoms with Crippen molar-refractivity contribution in [2.45, 2.75) is 6.54 Å². The van der Waals surface area contributed by atoms with E-state index in [-0.39, 0.29) is 5.91 Å². The maximum Gasteiger partial charge on any atom is 0.271 e. The van der Waals surface area contributed by atoms with Gasteiger partial charge >= 0.3 is 0 Å². The Labute approximate surface area is 156 Å². The molecule has 2 aromatic carbocycles. The van der Waals surface area contributed by atoms with Crippen LogP contribution in [0.25, 0.3) is 10.6 Å². The molecule has 1 heterocycles. The number of hydrogen-bond donors (Lipinski definition) is 1. The molecule has 5 nitrogen and oxygen atoms in total. The van der Waals surface area contributed by atoms with Gasteiger partial charge < -0.3 is 14.8 Å². The Kier molecular flexibility index (Phi) is 6.35. The molecule has 0 saturated carbocycles. The van der Waals surface area contributed by atoms with Gasteiger partial charge in [-0.3, -0.25) is 4.79 Å². The number of methoxy groups -OCH3 is 1. The minimum atomic E-state index is -0.177. The zero-order valence-electron chi connectivity index (χ0n) is 14.5. The van der Waals surface area contributed by atoms with Crippen molar-refractivity contribution in [3.8, 4) is 16.3 Å². The summed E-state index contributed by atoms with van der Waals surface area (Å²) in [7, 11) is 1.64. The molecule has 1 amide bonds. The van der Waals surface area contributed by atoms with Crippen molar-refractivity contribution >= 4 is 17.2 Å². The van der Waals surface area contributed by atoms with E-state index < -0.39 is 0 Å². The number of ether oxygens (including phenoxy) is 2. The van der Waals surface area contributed by atoms with Crippen molar-refractivity contribution in [2.24, 2.45) is 0 Å². The van der Waals surface area contributed by atoms with Crippen LogP contribution in [0, 0.1) is 0 Å². The van der Waals surface area contributed by atoms with Gasteiger partial charge in [0.2, 0.25) is 0 Å². The van der Waals surface area contributed by atoms with Crippen molar-refractivity contribution in [2.75, 3.05) is 20.3 Å². The number of carbonyl (C=O) groups excluding carboxylic acids is 1. The molecule has 0 atom stereocenters. The Balaban J connectivity index is 1.53. The summed E-state index contributed by atoms with van der Waals surface area (Å²) in [5.74, 6) is 0.605. The zero-order valence-corrected chi connectivity index (χ0v) is 15.3. The van der Waals surface area contributed by atoms with E-state index in [1.807, 2.05) is 54.6 Å². The SMILES string of the molecule is COCCOc1ccc(CNC(=O)c2csc(-c3ccccc3)n2)cc1. The number of nitrogens with one attached hydrogen (secondary N) is 1. The van der Waals surface area contributed by atoms with E-state index in [1.165, 1.54) is 11.3 Å². The highest BCUT2D eigenvalue weighted by molar-refractivity contribution is 7.13. The van der Waals surface area contributed by atoms with E-state index in [0.717, 1.165) is 21.9 Å². The third-order valence-electron chi connectivity index (χ3n) is 3.69. The van der Waals surface area contributed by atoms with Gasteiger partial charge in [0.05, 0.1) is 6.61 Å². The minimum absolute atomic E-state index is 0.177. The third kappa shape index (κ3) is 4.91. The molecule has 0 saturated heterocycles. The fraction of sp³-hybridized carbons (Fsp3) is 0.200. The highest BCUT2D eigenvalue weighted by Crippen LogP contribution is 2.23. The standard InChI is InChI=1S/C20H20N2O3S/c1-24-11-12-25-17-9-7-15(8-10-17)13-21-19(23)18-14-26-20(22-18)16-5-3-2-4-6-16/h2-10,14H,11-13H2,1H3,(H,21,23). The summed E-state index contributed by atoms with van der Waals surface area (Å²) in [5, 5.41) is 5.52. The summed E-state index contributed by atoms with van der Waals surface area (Å²) >= 11 is 1.47. The smallest absolute Gasteiger partial charge is 0.271 e. The molecule has 0 fully saturated rings. The van der Waals surface area contributed by atoms with Crippen LogP contribution in [0.5, 0.6) is 5.75 Å². The monoisotopic (exact) mass is 368 g/mol. The van der Waals surface area contributed by atoms with Crippen LogP contribution in [0.1, 0.15) is 16.1 Å². The summed E-state index contributed by atoms with van der Waals surface area (Å²) in [6, 6.07) is 17.5. The second-order valence-electron chi connectivity index (χ2n) is 5.57. The predicted octanol–water partition coefficient (Wildman–Crippen LogP) is 3.77. The van der Waals surface area contributed by atoms with Crippen LogP contribution in [0.2, 0.25) is 0 Å². The van der Waals surface area contributed by atoms with Gasteiger partial charge in [0, 0.05) is 24.6 Å². The Morgan fingerprint density at radius 2 is 1.85 bits per heavy atom. The van der Waals surface area contributed by atoms with Gasteiger partial charge in [-0.05, 0) is 17.7 Å². The molecule has 3 rings (SSSR count). The lowest BCUT2D eigenvalue weighted by Crippen LogP contribution is -2.23. The van der Waals surface area contributed by atoms with Gasteiger partial charge in [-0.2, -0.15) is 0 Å². The fourth-order valence-corrected chi connectivity index (χ4v) is 3.12. The number of rotatable bonds is 8. The van der Waals surface area contributed by atoms with Crippen LogP contribution in [-0.2, 0) is 11.3 Å². The summed E-state index contributed by atoms with van der Waals surface area (Å²) in [5.41, 5.74) is 2.45. The van der Waals surface area contributed by atoms with Gasteiger partial charge in [0.1, 0.15) is 23.1 Å². The van der Waals surface area contributed by atoms with E-state index in [1.54, 1.807) is 12.5 Å².